The first-order valence-electron chi connectivity index (χ1n) is 8.94. The van der Waals surface area contributed by atoms with Gasteiger partial charge in [-0.25, -0.2) is 0 Å². The zero-order valence-electron chi connectivity index (χ0n) is 15.7. The molecule has 1 aliphatic rings. The highest BCUT2D eigenvalue weighted by atomic mass is 35.5. The van der Waals surface area contributed by atoms with E-state index < -0.39 is 46.9 Å². The summed E-state index contributed by atoms with van der Waals surface area (Å²) in [4.78, 5) is 25.1. The Balaban J connectivity index is 1.81. The van der Waals surface area contributed by atoms with Crippen molar-refractivity contribution in [2.24, 2.45) is 5.92 Å². The number of rotatable bonds is 6. The van der Waals surface area contributed by atoms with Crippen LogP contribution in [0.2, 0.25) is 20.1 Å². The van der Waals surface area contributed by atoms with Gasteiger partial charge in [0.25, 0.3) is 0 Å². The van der Waals surface area contributed by atoms with Gasteiger partial charge in [0.05, 0.1) is 28.1 Å². The lowest BCUT2D eigenvalue weighted by molar-refractivity contribution is -0.133. The summed E-state index contributed by atoms with van der Waals surface area (Å²) < 4.78 is 35.9. The van der Waals surface area contributed by atoms with Crippen molar-refractivity contribution in [2.45, 2.75) is 29.3 Å². The van der Waals surface area contributed by atoms with Gasteiger partial charge in [0.2, 0.25) is 5.91 Å². The fourth-order valence-electron chi connectivity index (χ4n) is 3.28. The molecule has 2 aromatic rings. The van der Waals surface area contributed by atoms with Crippen molar-refractivity contribution < 1.29 is 22.8 Å². The van der Waals surface area contributed by atoms with Crippen LogP contribution < -0.4 is 5.32 Å². The molecule has 1 amide bonds. The highest BCUT2D eigenvalue weighted by Gasteiger charge is 2.67. The molecule has 0 aromatic heterocycles. The van der Waals surface area contributed by atoms with Crippen LogP contribution in [0.4, 0.5) is 18.9 Å². The van der Waals surface area contributed by atoms with E-state index in [1.54, 1.807) is 12.1 Å². The molecule has 172 valence electrons. The molecule has 0 aliphatic heterocycles. The smallest absolute Gasteiger partial charge is 0.324 e. The van der Waals surface area contributed by atoms with E-state index in [1.807, 2.05) is 0 Å². The number of hydrogen-bond acceptors (Lipinski definition) is 2. The van der Waals surface area contributed by atoms with Crippen molar-refractivity contribution in [2.75, 3.05) is 5.32 Å². The topological polar surface area (TPSA) is 46.2 Å². The molecule has 2 unspecified atom stereocenters. The Labute approximate surface area is 211 Å². The number of benzene rings is 2. The molecule has 2 atom stereocenters. The van der Waals surface area contributed by atoms with Crippen LogP contribution in [0.25, 0.3) is 0 Å². The van der Waals surface area contributed by atoms with E-state index in [0.29, 0.717) is 15.6 Å². The van der Waals surface area contributed by atoms with Gasteiger partial charge in [-0.05, 0) is 35.9 Å². The Morgan fingerprint density at radius 2 is 1.53 bits per heavy atom. The van der Waals surface area contributed by atoms with Crippen LogP contribution in [-0.4, -0.2) is 22.2 Å². The maximum atomic E-state index is 12.8. The Kier molecular flexibility index (Phi) is 7.55. The normalized spacial score (nSPS) is 19.5. The predicted octanol–water partition coefficient (Wildman–Crippen LogP) is 8.35. The molecule has 1 aliphatic carbocycles. The second-order valence-electron chi connectivity index (χ2n) is 7.17. The molecule has 0 bridgehead atoms. The van der Waals surface area contributed by atoms with Gasteiger partial charge in [-0.2, -0.15) is 13.2 Å². The van der Waals surface area contributed by atoms with Crippen molar-refractivity contribution in [3.8, 4) is 0 Å². The number of nitrogens with one attached hydrogen (secondary N) is 1. The second kappa shape index (κ2) is 9.40. The number of halogens is 9. The Bertz CT molecular complexity index is 1070. The monoisotopic (exact) mass is 565 g/mol. The first-order chi connectivity index (χ1) is 14.7. The Hall–Kier alpha value is -0.890. The number of anilines is 1. The standard InChI is InChI=1S/C20H12Cl6F3NO2/c21-9-3-8(4-10(22)5-9)16-17(20(16,25)26)18(32)30-14-6-11(12(23)7-13(14)24)15(31)1-2-19(27,28)29/h3-7,16-17H,1-2H2,(H,30,32). The number of carbonyl (C=O) groups excluding carboxylic acids is 2. The molecule has 0 spiro atoms. The fourth-order valence-corrected chi connectivity index (χ4v) is 5.19. The zero-order chi connectivity index (χ0) is 24.0. The number of carbonyl (C=O) groups is 2. The minimum absolute atomic E-state index is 0.0182. The molecule has 1 fully saturated rings. The highest BCUT2D eigenvalue weighted by Crippen LogP contribution is 2.65. The Morgan fingerprint density at radius 1 is 0.938 bits per heavy atom. The van der Waals surface area contributed by atoms with E-state index in [2.05, 4.69) is 5.32 Å². The fraction of sp³-hybridized carbons (Fsp3) is 0.300. The maximum Gasteiger partial charge on any atom is 0.389 e. The first-order valence-corrected chi connectivity index (χ1v) is 11.2. The van der Waals surface area contributed by atoms with Crippen molar-refractivity contribution in [1.82, 2.24) is 0 Å². The van der Waals surface area contributed by atoms with Crippen molar-refractivity contribution in [1.29, 1.82) is 0 Å². The van der Waals surface area contributed by atoms with Gasteiger partial charge in [0, 0.05) is 27.9 Å². The minimum Gasteiger partial charge on any atom is -0.324 e. The van der Waals surface area contributed by atoms with Gasteiger partial charge in [0.15, 0.2) is 5.78 Å². The number of alkyl halides is 5. The molecule has 12 heteroatoms. The van der Waals surface area contributed by atoms with Gasteiger partial charge >= 0.3 is 6.18 Å². The average molecular weight is 568 g/mol. The average Bonchev–Trinajstić information content (AvgIpc) is 3.23. The highest BCUT2D eigenvalue weighted by molar-refractivity contribution is 6.53. The molecule has 0 radical (unpaired) electrons. The summed E-state index contributed by atoms with van der Waals surface area (Å²) >= 11 is 36.7. The molecule has 3 rings (SSSR count). The van der Waals surface area contributed by atoms with Crippen molar-refractivity contribution in [3.05, 3.63) is 61.5 Å². The first kappa shape index (κ1) is 25.7. The summed E-state index contributed by atoms with van der Waals surface area (Å²) in [6.45, 7) is 0. The molecular formula is C20H12Cl6F3NO2. The van der Waals surface area contributed by atoms with Crippen LogP contribution in [0, 0.1) is 5.92 Å². The summed E-state index contributed by atoms with van der Waals surface area (Å²) in [6, 6.07) is 6.96. The third-order valence-corrected chi connectivity index (χ3v) is 6.83. The molecular weight excluding hydrogens is 556 g/mol. The molecule has 0 heterocycles. The van der Waals surface area contributed by atoms with Gasteiger partial charge in [-0.15, -0.1) is 23.2 Å². The third kappa shape index (κ3) is 5.78. The van der Waals surface area contributed by atoms with Crippen LogP contribution in [-0.2, 0) is 4.79 Å². The number of hydrogen-bond donors (Lipinski definition) is 1. The van der Waals surface area contributed by atoms with Crippen LogP contribution in [0.5, 0.6) is 0 Å². The van der Waals surface area contributed by atoms with E-state index in [4.69, 9.17) is 69.6 Å². The van der Waals surface area contributed by atoms with Crippen LogP contribution in [0.3, 0.4) is 0 Å². The van der Waals surface area contributed by atoms with E-state index in [9.17, 15) is 22.8 Å². The summed E-state index contributed by atoms with van der Waals surface area (Å²) in [5, 5.41) is 3.03. The molecule has 32 heavy (non-hydrogen) atoms. The summed E-state index contributed by atoms with van der Waals surface area (Å²) in [7, 11) is 0. The lowest BCUT2D eigenvalue weighted by Gasteiger charge is -2.12. The predicted molar refractivity (Wildman–Crippen MR) is 122 cm³/mol. The van der Waals surface area contributed by atoms with Crippen LogP contribution >= 0.6 is 69.6 Å². The number of amides is 1. The minimum atomic E-state index is -4.50. The quantitative estimate of drug-likeness (QED) is 0.282. The van der Waals surface area contributed by atoms with Gasteiger partial charge in [-0.1, -0.05) is 46.4 Å². The maximum absolute atomic E-state index is 12.8. The largest absolute Gasteiger partial charge is 0.389 e. The number of ketones is 1. The summed E-state index contributed by atoms with van der Waals surface area (Å²) in [6.07, 6.45) is -6.61. The van der Waals surface area contributed by atoms with E-state index in [-0.39, 0.29) is 21.3 Å². The molecule has 1 N–H and O–H groups in total. The lowest BCUT2D eigenvalue weighted by atomic mass is 10.1. The van der Waals surface area contributed by atoms with E-state index >= 15 is 0 Å². The van der Waals surface area contributed by atoms with Gasteiger partial charge < -0.3 is 5.32 Å². The molecule has 3 nitrogen and oxygen atoms in total. The van der Waals surface area contributed by atoms with Gasteiger partial charge in [-0.3, -0.25) is 9.59 Å². The summed E-state index contributed by atoms with van der Waals surface area (Å²) in [5.74, 6) is -2.99. The molecule has 1 saturated carbocycles. The SMILES string of the molecule is O=C(CCC(F)(F)F)c1cc(NC(=O)C2C(c3cc(Cl)cc(Cl)c3)C2(Cl)Cl)c(Cl)cc1Cl. The van der Waals surface area contributed by atoms with Crippen molar-refractivity contribution >= 4 is 87.0 Å². The second-order valence-corrected chi connectivity index (χ2v) is 10.3. The third-order valence-electron chi connectivity index (χ3n) is 4.83. The lowest BCUT2D eigenvalue weighted by Crippen LogP contribution is -2.18. The van der Waals surface area contributed by atoms with Crippen LogP contribution in [0.15, 0.2) is 30.3 Å². The molecule has 2 aromatic carbocycles. The van der Waals surface area contributed by atoms with Crippen LogP contribution in [0.1, 0.15) is 34.7 Å². The van der Waals surface area contributed by atoms with Gasteiger partial charge in [0.1, 0.15) is 4.33 Å². The van der Waals surface area contributed by atoms with E-state index in [0.717, 1.165) is 12.1 Å². The van der Waals surface area contributed by atoms with E-state index in [1.165, 1.54) is 6.07 Å². The molecule has 0 saturated heterocycles. The number of Topliss-reactive ketones (excluding diaryl/α,β-unsaturated/α-hetero) is 1. The summed E-state index contributed by atoms with van der Waals surface area (Å²) in [5.41, 5.74) is 0.334. The van der Waals surface area contributed by atoms with Crippen molar-refractivity contribution in [3.63, 3.8) is 0 Å². The Morgan fingerprint density at radius 3 is 2.09 bits per heavy atom. The zero-order valence-corrected chi connectivity index (χ0v) is 20.2.